The molecule has 0 spiro atoms. The number of esters is 1. The highest BCUT2D eigenvalue weighted by molar-refractivity contribution is 5.82. The van der Waals surface area contributed by atoms with Crippen molar-refractivity contribution < 1.29 is 23.8 Å². The average Bonchev–Trinajstić information content (AvgIpc) is 3.05. The molecular weight excluding hydrogens is 358 g/mol. The maximum atomic E-state index is 12.8. The standard InChI is InChI=1S/C22H23NO5/c1-14-20(21(24)26-2)23(11-12-27-14)22(25)28-13-19-17-9-5-3-7-15(17)16-8-4-6-10-18(16)19/h3-10,14,19-20H,11-13H2,1-2H3/t14-,20+/m1/s1. The lowest BCUT2D eigenvalue weighted by Gasteiger charge is -2.37. The molecule has 0 radical (unpaired) electrons. The van der Waals surface area contributed by atoms with Crippen molar-refractivity contribution in [3.05, 3.63) is 59.7 Å². The maximum absolute atomic E-state index is 12.8. The van der Waals surface area contributed by atoms with E-state index in [0.29, 0.717) is 13.2 Å². The molecule has 0 bridgehead atoms. The molecular formula is C22H23NO5. The zero-order valence-corrected chi connectivity index (χ0v) is 16.0. The van der Waals surface area contributed by atoms with Crippen LogP contribution < -0.4 is 0 Å². The fourth-order valence-corrected chi connectivity index (χ4v) is 4.14. The number of nitrogens with zero attached hydrogens (tertiary/aromatic N) is 1. The molecule has 1 aliphatic carbocycles. The van der Waals surface area contributed by atoms with Crippen molar-refractivity contribution in [2.45, 2.75) is 25.0 Å². The number of hydrogen-bond donors (Lipinski definition) is 0. The Morgan fingerprint density at radius 3 is 2.29 bits per heavy atom. The Hall–Kier alpha value is -2.86. The van der Waals surface area contributed by atoms with E-state index in [1.54, 1.807) is 6.92 Å². The van der Waals surface area contributed by atoms with Crippen LogP contribution in [0.15, 0.2) is 48.5 Å². The van der Waals surface area contributed by atoms with E-state index in [1.807, 2.05) is 24.3 Å². The van der Waals surface area contributed by atoms with Gasteiger partial charge < -0.3 is 14.2 Å². The summed E-state index contributed by atoms with van der Waals surface area (Å²) in [7, 11) is 1.31. The van der Waals surface area contributed by atoms with Gasteiger partial charge in [-0.2, -0.15) is 0 Å². The van der Waals surface area contributed by atoms with Gasteiger partial charge in [-0.15, -0.1) is 0 Å². The SMILES string of the molecule is COC(=O)[C@@H]1[C@@H](C)OCCN1C(=O)OCC1c2ccccc2-c2ccccc21. The zero-order valence-electron chi connectivity index (χ0n) is 16.0. The molecule has 146 valence electrons. The summed E-state index contributed by atoms with van der Waals surface area (Å²) < 4.78 is 16.0. The van der Waals surface area contributed by atoms with Gasteiger partial charge >= 0.3 is 12.1 Å². The molecule has 0 unspecified atom stereocenters. The second-order valence-corrected chi connectivity index (χ2v) is 7.04. The van der Waals surface area contributed by atoms with Crippen LogP contribution in [0.1, 0.15) is 24.0 Å². The van der Waals surface area contributed by atoms with Gasteiger partial charge in [0.15, 0.2) is 6.04 Å². The molecule has 0 N–H and O–H groups in total. The number of methoxy groups -OCH3 is 1. The van der Waals surface area contributed by atoms with Gasteiger partial charge in [0.1, 0.15) is 6.61 Å². The van der Waals surface area contributed by atoms with Crippen LogP contribution >= 0.6 is 0 Å². The lowest BCUT2D eigenvalue weighted by atomic mass is 9.98. The van der Waals surface area contributed by atoms with Crippen LogP contribution in [-0.2, 0) is 19.0 Å². The summed E-state index contributed by atoms with van der Waals surface area (Å²) in [6.45, 7) is 2.62. The second kappa shape index (κ2) is 7.64. The van der Waals surface area contributed by atoms with Gasteiger partial charge in [-0.1, -0.05) is 48.5 Å². The van der Waals surface area contributed by atoms with Crippen LogP contribution in [0.5, 0.6) is 0 Å². The molecule has 4 rings (SSSR count). The third-order valence-corrected chi connectivity index (χ3v) is 5.51. The Labute approximate surface area is 164 Å². The van der Waals surface area contributed by atoms with Crippen LogP contribution in [0.25, 0.3) is 11.1 Å². The molecule has 0 saturated carbocycles. The van der Waals surface area contributed by atoms with E-state index < -0.39 is 24.2 Å². The number of benzene rings is 2. The van der Waals surface area contributed by atoms with Gasteiger partial charge in [0.2, 0.25) is 0 Å². The highest BCUT2D eigenvalue weighted by Gasteiger charge is 2.40. The third-order valence-electron chi connectivity index (χ3n) is 5.51. The summed E-state index contributed by atoms with van der Waals surface area (Å²) in [5.74, 6) is -0.521. The number of carbonyl (C=O) groups excluding carboxylic acids is 2. The number of fused-ring (bicyclic) bond motifs is 3. The minimum Gasteiger partial charge on any atom is -0.467 e. The van der Waals surface area contributed by atoms with Crippen molar-refractivity contribution in [3.8, 4) is 11.1 Å². The quantitative estimate of drug-likeness (QED) is 0.764. The van der Waals surface area contributed by atoms with E-state index in [2.05, 4.69) is 24.3 Å². The average molecular weight is 381 g/mol. The molecule has 6 nitrogen and oxygen atoms in total. The molecule has 2 aromatic carbocycles. The van der Waals surface area contributed by atoms with Gasteiger partial charge in [0.25, 0.3) is 0 Å². The minimum absolute atomic E-state index is 0.0219. The van der Waals surface area contributed by atoms with E-state index in [4.69, 9.17) is 14.2 Å². The largest absolute Gasteiger partial charge is 0.467 e. The summed E-state index contributed by atoms with van der Waals surface area (Å²) in [4.78, 5) is 26.3. The molecule has 1 aliphatic heterocycles. The number of carbonyl (C=O) groups is 2. The van der Waals surface area contributed by atoms with Gasteiger partial charge in [0, 0.05) is 12.5 Å². The molecule has 2 aliphatic rings. The molecule has 6 heteroatoms. The molecule has 1 saturated heterocycles. The molecule has 2 atom stereocenters. The van der Waals surface area contributed by atoms with Crippen molar-refractivity contribution in [2.75, 3.05) is 26.9 Å². The number of ether oxygens (including phenoxy) is 3. The first-order valence-corrected chi connectivity index (χ1v) is 9.43. The van der Waals surface area contributed by atoms with Crippen LogP contribution in [0.3, 0.4) is 0 Å². The van der Waals surface area contributed by atoms with Crippen molar-refractivity contribution in [3.63, 3.8) is 0 Å². The predicted octanol–water partition coefficient (Wildman–Crippen LogP) is 3.20. The molecule has 2 aromatic rings. The summed E-state index contributed by atoms with van der Waals surface area (Å²) in [5, 5.41) is 0. The Morgan fingerprint density at radius 2 is 1.68 bits per heavy atom. The van der Waals surface area contributed by atoms with Gasteiger partial charge in [0.05, 0.1) is 19.8 Å². The van der Waals surface area contributed by atoms with E-state index in [0.717, 1.165) is 11.1 Å². The predicted molar refractivity (Wildman–Crippen MR) is 103 cm³/mol. The van der Waals surface area contributed by atoms with E-state index >= 15 is 0 Å². The highest BCUT2D eigenvalue weighted by Crippen LogP contribution is 2.44. The fraction of sp³-hybridized carbons (Fsp3) is 0.364. The van der Waals surface area contributed by atoms with Crippen LogP contribution in [0.2, 0.25) is 0 Å². The number of morpholine rings is 1. The molecule has 0 aromatic heterocycles. The Morgan fingerprint density at radius 1 is 1.07 bits per heavy atom. The molecule has 1 fully saturated rings. The monoisotopic (exact) mass is 381 g/mol. The zero-order chi connectivity index (χ0) is 19.7. The molecule has 1 amide bonds. The van der Waals surface area contributed by atoms with E-state index in [9.17, 15) is 9.59 Å². The van der Waals surface area contributed by atoms with Crippen molar-refractivity contribution >= 4 is 12.1 Å². The number of rotatable bonds is 3. The van der Waals surface area contributed by atoms with Gasteiger partial charge in [-0.3, -0.25) is 4.90 Å². The van der Waals surface area contributed by atoms with Gasteiger partial charge in [-0.25, -0.2) is 9.59 Å². The Kier molecular flexibility index (Phi) is 5.05. The van der Waals surface area contributed by atoms with Crippen molar-refractivity contribution in [2.24, 2.45) is 0 Å². The lowest BCUT2D eigenvalue weighted by Crippen LogP contribution is -2.57. The van der Waals surface area contributed by atoms with Crippen LogP contribution in [-0.4, -0.2) is 56.0 Å². The van der Waals surface area contributed by atoms with Crippen molar-refractivity contribution in [1.29, 1.82) is 0 Å². The molecule has 1 heterocycles. The van der Waals surface area contributed by atoms with E-state index in [-0.39, 0.29) is 12.5 Å². The van der Waals surface area contributed by atoms with Crippen LogP contribution in [0, 0.1) is 0 Å². The topological polar surface area (TPSA) is 65.1 Å². The summed E-state index contributed by atoms with van der Waals surface area (Å²) in [6, 6.07) is 15.5. The first-order valence-electron chi connectivity index (χ1n) is 9.43. The smallest absolute Gasteiger partial charge is 0.410 e. The summed E-state index contributed by atoms with van der Waals surface area (Å²) in [5.41, 5.74) is 4.64. The Balaban J connectivity index is 1.53. The van der Waals surface area contributed by atoms with Gasteiger partial charge in [-0.05, 0) is 29.2 Å². The highest BCUT2D eigenvalue weighted by atomic mass is 16.6. The molecule has 28 heavy (non-hydrogen) atoms. The number of amides is 1. The fourth-order valence-electron chi connectivity index (χ4n) is 4.14. The third kappa shape index (κ3) is 3.14. The van der Waals surface area contributed by atoms with E-state index in [1.165, 1.54) is 23.1 Å². The van der Waals surface area contributed by atoms with Crippen molar-refractivity contribution in [1.82, 2.24) is 4.90 Å². The van der Waals surface area contributed by atoms with Crippen LogP contribution in [0.4, 0.5) is 4.79 Å². The summed E-state index contributed by atoms with van der Waals surface area (Å²) >= 11 is 0. The summed E-state index contributed by atoms with van der Waals surface area (Å²) in [6.07, 6.45) is -0.964. The second-order valence-electron chi connectivity index (χ2n) is 7.04. The first kappa shape index (κ1) is 18.5. The normalized spacial score (nSPS) is 21.0. The first-order chi connectivity index (χ1) is 13.6. The maximum Gasteiger partial charge on any atom is 0.410 e. The number of hydrogen-bond acceptors (Lipinski definition) is 5. The minimum atomic E-state index is -0.797. The Bertz CT molecular complexity index is 851. The lowest BCUT2D eigenvalue weighted by molar-refractivity contribution is -0.157.